The van der Waals surface area contributed by atoms with Crippen molar-refractivity contribution >= 4 is 5.97 Å². The van der Waals surface area contributed by atoms with Crippen LogP contribution in [-0.2, 0) is 0 Å². The van der Waals surface area contributed by atoms with E-state index in [1.165, 1.54) is 32.4 Å². The van der Waals surface area contributed by atoms with E-state index >= 15 is 0 Å². The molecule has 0 atom stereocenters. The molecule has 0 spiro atoms. The van der Waals surface area contributed by atoms with Crippen molar-refractivity contribution in [1.29, 1.82) is 0 Å². The van der Waals surface area contributed by atoms with Gasteiger partial charge in [0, 0.05) is 11.6 Å². The second-order valence-corrected chi connectivity index (χ2v) is 2.35. The van der Waals surface area contributed by atoms with Crippen LogP contribution in [-0.4, -0.2) is 20.2 Å². The van der Waals surface area contributed by atoms with Gasteiger partial charge in [0.25, 0.3) is 0 Å². The Bertz CT molecular complexity index is 325. The van der Waals surface area contributed by atoms with Gasteiger partial charge in [-0.2, -0.15) is 0 Å². The molecule has 1 aromatic rings. The van der Waals surface area contributed by atoms with E-state index in [-0.39, 0.29) is 17.5 Å². The first kappa shape index (κ1) is 12.2. The molecule has 0 saturated carbocycles. The number of benzene rings is 1. The van der Waals surface area contributed by atoms with Crippen LogP contribution < -0.4 is 20.7 Å². The standard InChI is InChI=1S/C9H10O4.H3N/c1-12-6-3-4-7(9(10)11)8(5-6)13-2;/h3-5H,1-2H3,(H,10,11);1H3. The number of aromatic carboxylic acids is 1. The van der Waals surface area contributed by atoms with E-state index in [1.54, 1.807) is 0 Å². The van der Waals surface area contributed by atoms with Gasteiger partial charge in [-0.1, -0.05) is 0 Å². The lowest BCUT2D eigenvalue weighted by molar-refractivity contribution is -0.255. The second-order valence-electron chi connectivity index (χ2n) is 2.35. The maximum atomic E-state index is 10.5. The molecule has 1 aromatic carbocycles. The number of carbonyl (C=O) groups excluding carboxylic acids is 1. The third-order valence-corrected chi connectivity index (χ3v) is 1.63. The van der Waals surface area contributed by atoms with E-state index in [2.05, 4.69) is 0 Å². The van der Waals surface area contributed by atoms with E-state index in [0.717, 1.165) is 0 Å². The van der Waals surface area contributed by atoms with Crippen molar-refractivity contribution in [3.63, 3.8) is 0 Å². The molecule has 0 unspecified atom stereocenters. The van der Waals surface area contributed by atoms with E-state index in [9.17, 15) is 9.90 Å². The fourth-order valence-corrected chi connectivity index (χ4v) is 0.967. The Morgan fingerprint density at radius 3 is 2.36 bits per heavy atom. The molecule has 0 radical (unpaired) electrons. The average molecular weight is 199 g/mol. The highest BCUT2D eigenvalue weighted by molar-refractivity contribution is 5.89. The Balaban J connectivity index is 0.00000169. The Hall–Kier alpha value is -1.75. The Kier molecular flexibility index (Phi) is 4.45. The molecule has 0 aliphatic rings. The SMILES string of the molecule is COc1ccc(C(=O)[O-])c(OC)c1.[NH4+]. The highest BCUT2D eigenvalue weighted by Gasteiger charge is 2.04. The number of methoxy groups -OCH3 is 2. The lowest BCUT2D eigenvalue weighted by Crippen LogP contribution is -2.22. The van der Waals surface area contributed by atoms with Crippen LogP contribution in [0, 0.1) is 0 Å². The average Bonchev–Trinajstić information content (AvgIpc) is 2.16. The van der Waals surface area contributed by atoms with Gasteiger partial charge in [-0.3, -0.25) is 0 Å². The molecule has 0 aliphatic heterocycles. The predicted octanol–water partition coefficient (Wildman–Crippen LogP) is 0.443. The summed E-state index contributed by atoms with van der Waals surface area (Å²) in [6.07, 6.45) is 0. The molecular weight excluding hydrogens is 186 g/mol. The zero-order chi connectivity index (χ0) is 9.84. The van der Waals surface area contributed by atoms with Crippen LogP contribution in [0.4, 0.5) is 0 Å². The third kappa shape index (κ3) is 2.37. The molecule has 1 rings (SSSR count). The van der Waals surface area contributed by atoms with Crippen molar-refractivity contribution in [2.45, 2.75) is 0 Å². The quantitative estimate of drug-likeness (QED) is 0.764. The first-order chi connectivity index (χ1) is 6.19. The lowest BCUT2D eigenvalue weighted by atomic mass is 10.2. The normalized spacial score (nSPS) is 8.71. The van der Waals surface area contributed by atoms with Crippen molar-refractivity contribution in [2.24, 2.45) is 0 Å². The summed E-state index contributed by atoms with van der Waals surface area (Å²) < 4.78 is 9.75. The summed E-state index contributed by atoms with van der Waals surface area (Å²) in [5.41, 5.74) is 0.0169. The Morgan fingerprint density at radius 2 is 1.93 bits per heavy atom. The highest BCUT2D eigenvalue weighted by atomic mass is 16.5. The van der Waals surface area contributed by atoms with Gasteiger partial charge < -0.3 is 25.5 Å². The number of carboxylic acids is 1. The van der Waals surface area contributed by atoms with Crippen molar-refractivity contribution in [2.75, 3.05) is 14.2 Å². The summed E-state index contributed by atoms with van der Waals surface area (Å²) >= 11 is 0. The minimum Gasteiger partial charge on any atom is -0.545 e. The maximum absolute atomic E-state index is 10.5. The number of quaternary nitrogens is 1. The zero-order valence-electron chi connectivity index (χ0n) is 8.37. The smallest absolute Gasteiger partial charge is 0.131 e. The van der Waals surface area contributed by atoms with Gasteiger partial charge in [0.05, 0.1) is 20.2 Å². The summed E-state index contributed by atoms with van der Waals surface area (Å²) in [5.74, 6) is -0.485. The summed E-state index contributed by atoms with van der Waals surface area (Å²) in [4.78, 5) is 10.5. The van der Waals surface area contributed by atoms with Crippen LogP contribution in [0.2, 0.25) is 0 Å². The van der Waals surface area contributed by atoms with Crippen molar-refractivity contribution in [3.8, 4) is 11.5 Å². The van der Waals surface area contributed by atoms with Gasteiger partial charge in [0.15, 0.2) is 0 Å². The van der Waals surface area contributed by atoms with Crippen LogP contribution in [0.5, 0.6) is 11.5 Å². The van der Waals surface area contributed by atoms with Gasteiger partial charge in [-0.25, -0.2) is 0 Å². The number of hydrogen-bond acceptors (Lipinski definition) is 4. The van der Waals surface area contributed by atoms with E-state index in [4.69, 9.17) is 9.47 Å². The van der Waals surface area contributed by atoms with Crippen molar-refractivity contribution in [1.82, 2.24) is 6.15 Å². The van der Waals surface area contributed by atoms with Crippen LogP contribution in [0.1, 0.15) is 10.4 Å². The molecule has 78 valence electrons. The van der Waals surface area contributed by atoms with Gasteiger partial charge in [0.1, 0.15) is 11.5 Å². The molecular formula is C9H13NO4. The maximum Gasteiger partial charge on any atom is 0.131 e. The third-order valence-electron chi connectivity index (χ3n) is 1.63. The number of rotatable bonds is 3. The van der Waals surface area contributed by atoms with Gasteiger partial charge >= 0.3 is 0 Å². The van der Waals surface area contributed by atoms with Crippen LogP contribution >= 0.6 is 0 Å². The summed E-state index contributed by atoms with van der Waals surface area (Å²) in [5, 5.41) is 10.5. The van der Waals surface area contributed by atoms with E-state index in [1.807, 2.05) is 0 Å². The molecule has 0 amide bonds. The number of carbonyl (C=O) groups is 1. The largest absolute Gasteiger partial charge is 0.545 e. The molecule has 4 N–H and O–H groups in total. The molecule has 0 heterocycles. The summed E-state index contributed by atoms with van der Waals surface area (Å²) in [7, 11) is 2.88. The number of carboxylic acid groups (broad SMARTS) is 1. The van der Waals surface area contributed by atoms with E-state index in [0.29, 0.717) is 5.75 Å². The monoisotopic (exact) mass is 199 g/mol. The minimum absolute atomic E-state index is 0. The molecule has 0 saturated heterocycles. The highest BCUT2D eigenvalue weighted by Crippen LogP contribution is 2.23. The predicted molar refractivity (Wildman–Crippen MR) is 49.9 cm³/mol. The molecule has 0 aliphatic carbocycles. The second kappa shape index (κ2) is 5.08. The first-order valence-electron chi connectivity index (χ1n) is 3.62. The molecule has 5 nitrogen and oxygen atoms in total. The summed E-state index contributed by atoms with van der Waals surface area (Å²) in [6, 6.07) is 4.41. The van der Waals surface area contributed by atoms with Crippen molar-refractivity contribution < 1.29 is 19.4 Å². The van der Waals surface area contributed by atoms with Crippen molar-refractivity contribution in [3.05, 3.63) is 23.8 Å². The molecule has 14 heavy (non-hydrogen) atoms. The zero-order valence-corrected chi connectivity index (χ0v) is 8.37. The molecule has 0 bridgehead atoms. The molecule has 0 aromatic heterocycles. The molecule has 0 fully saturated rings. The first-order valence-corrected chi connectivity index (χ1v) is 3.62. The fraction of sp³-hybridized carbons (Fsp3) is 0.222. The van der Waals surface area contributed by atoms with Gasteiger partial charge in [-0.15, -0.1) is 0 Å². The number of ether oxygens (including phenoxy) is 2. The van der Waals surface area contributed by atoms with Gasteiger partial charge in [0.2, 0.25) is 0 Å². The fourth-order valence-electron chi connectivity index (χ4n) is 0.967. The summed E-state index contributed by atoms with van der Waals surface area (Å²) in [6.45, 7) is 0. The number of hydrogen-bond donors (Lipinski definition) is 1. The van der Waals surface area contributed by atoms with Gasteiger partial charge in [-0.05, 0) is 12.1 Å². The molecule has 5 heteroatoms. The van der Waals surface area contributed by atoms with Crippen LogP contribution in [0.3, 0.4) is 0 Å². The Labute approximate surface area is 81.8 Å². The van der Waals surface area contributed by atoms with Crippen LogP contribution in [0.25, 0.3) is 0 Å². The topological polar surface area (TPSA) is 95.1 Å². The van der Waals surface area contributed by atoms with Crippen LogP contribution in [0.15, 0.2) is 18.2 Å². The lowest BCUT2D eigenvalue weighted by Gasteiger charge is -2.10. The Morgan fingerprint density at radius 1 is 1.29 bits per heavy atom. The van der Waals surface area contributed by atoms with E-state index < -0.39 is 5.97 Å². The minimum atomic E-state index is -1.26.